The van der Waals surface area contributed by atoms with Crippen LogP contribution in [0.4, 0.5) is 33.6 Å². The molecule has 2 aromatic heterocycles. The van der Waals surface area contributed by atoms with Crippen LogP contribution >= 0.6 is 0 Å². The van der Waals surface area contributed by atoms with Gasteiger partial charge >= 0.3 is 6.18 Å². The summed E-state index contributed by atoms with van der Waals surface area (Å²) in [6, 6.07) is 2.95. The van der Waals surface area contributed by atoms with E-state index in [4.69, 9.17) is 4.74 Å². The fourth-order valence-electron chi connectivity index (χ4n) is 4.83. The van der Waals surface area contributed by atoms with Crippen LogP contribution in [-0.2, 0) is 4.74 Å². The van der Waals surface area contributed by atoms with E-state index < -0.39 is 41.2 Å². The standard InChI is InChI=1S/C26H24F5N7O2/c1-13-10-37(12-19(40-13)14-9-32-38(11-14)16-5-6-16)24-33-20(17-7-4-15(27)8-18(17)28)21-22(34-24)23(39)36(3)25(2,35-21)26(29,30)31/h4,7-9,11,16,19,35H,1,5-6,10,12H2,2-3H3/t19-,25?/m0/s1. The summed E-state index contributed by atoms with van der Waals surface area (Å²) in [5, 5.41) is 6.71. The summed E-state index contributed by atoms with van der Waals surface area (Å²) in [5.74, 6) is -2.69. The van der Waals surface area contributed by atoms with Gasteiger partial charge in [-0.15, -0.1) is 0 Å². The van der Waals surface area contributed by atoms with Crippen molar-refractivity contribution in [3.8, 4) is 11.3 Å². The van der Waals surface area contributed by atoms with E-state index in [1.54, 1.807) is 11.1 Å². The van der Waals surface area contributed by atoms with Crippen LogP contribution in [0.5, 0.6) is 0 Å². The molecule has 4 heterocycles. The van der Waals surface area contributed by atoms with Gasteiger partial charge in [0.2, 0.25) is 11.6 Å². The molecule has 1 unspecified atom stereocenters. The first-order valence-corrected chi connectivity index (χ1v) is 12.5. The molecule has 40 heavy (non-hydrogen) atoms. The van der Waals surface area contributed by atoms with Crippen LogP contribution < -0.4 is 10.2 Å². The molecule has 1 aromatic carbocycles. The Bertz CT molecular complexity index is 1540. The number of nitrogens with one attached hydrogen (secondary N) is 1. The number of hydrogen-bond donors (Lipinski definition) is 1. The van der Waals surface area contributed by atoms with Crippen LogP contribution in [0.2, 0.25) is 0 Å². The molecule has 1 amide bonds. The number of halogens is 5. The summed E-state index contributed by atoms with van der Waals surface area (Å²) in [4.78, 5) is 24.2. The summed E-state index contributed by atoms with van der Waals surface area (Å²) in [7, 11) is 0.996. The second kappa shape index (κ2) is 8.89. The lowest BCUT2D eigenvalue weighted by Gasteiger charge is -2.45. The van der Waals surface area contributed by atoms with Gasteiger partial charge in [-0.25, -0.2) is 18.7 Å². The number of morpholine rings is 1. The molecule has 9 nitrogen and oxygen atoms in total. The Morgan fingerprint density at radius 3 is 2.58 bits per heavy atom. The predicted octanol–water partition coefficient (Wildman–Crippen LogP) is 4.82. The largest absolute Gasteiger partial charge is 0.487 e. The van der Waals surface area contributed by atoms with Crippen molar-refractivity contribution in [2.75, 3.05) is 30.4 Å². The van der Waals surface area contributed by atoms with Crippen molar-refractivity contribution in [3.63, 3.8) is 0 Å². The molecule has 1 saturated heterocycles. The maximum absolute atomic E-state index is 15.0. The van der Waals surface area contributed by atoms with Crippen molar-refractivity contribution in [3.05, 3.63) is 65.8 Å². The van der Waals surface area contributed by atoms with Gasteiger partial charge in [0.05, 0.1) is 31.0 Å². The SMILES string of the molecule is C=C1CN(c2nc3c(c(-c4ccc(F)cc4F)n2)NC(C)(C(F)(F)F)N(C)C3=O)C[C@@H](c2cnn(C3CC3)c2)O1. The van der Waals surface area contributed by atoms with Crippen LogP contribution in [0.3, 0.4) is 0 Å². The fourth-order valence-corrected chi connectivity index (χ4v) is 4.83. The molecule has 3 aliphatic rings. The van der Waals surface area contributed by atoms with Crippen molar-refractivity contribution < 1.29 is 31.5 Å². The third-order valence-corrected chi connectivity index (χ3v) is 7.44. The van der Waals surface area contributed by atoms with Crippen molar-refractivity contribution in [2.24, 2.45) is 0 Å². The van der Waals surface area contributed by atoms with E-state index in [9.17, 15) is 26.7 Å². The highest BCUT2D eigenvalue weighted by molar-refractivity contribution is 6.03. The lowest BCUT2D eigenvalue weighted by atomic mass is 10.0. The van der Waals surface area contributed by atoms with Crippen molar-refractivity contribution in [1.82, 2.24) is 24.6 Å². The Kier molecular flexibility index (Phi) is 5.78. The summed E-state index contributed by atoms with van der Waals surface area (Å²) in [6.07, 6.45) is 0.221. The summed E-state index contributed by atoms with van der Waals surface area (Å²) >= 11 is 0. The first-order valence-electron chi connectivity index (χ1n) is 12.5. The van der Waals surface area contributed by atoms with E-state index in [1.165, 1.54) is 0 Å². The average molecular weight is 562 g/mol. The minimum Gasteiger partial charge on any atom is -0.487 e. The molecule has 1 saturated carbocycles. The molecule has 3 aromatic rings. The molecule has 0 radical (unpaired) electrons. The molecular weight excluding hydrogens is 537 g/mol. The van der Waals surface area contributed by atoms with E-state index in [0.29, 0.717) is 22.8 Å². The van der Waals surface area contributed by atoms with E-state index in [2.05, 4.69) is 27.0 Å². The van der Waals surface area contributed by atoms with Gasteiger partial charge in [-0.3, -0.25) is 9.48 Å². The van der Waals surface area contributed by atoms with E-state index in [1.807, 2.05) is 10.9 Å². The Morgan fingerprint density at radius 1 is 1.18 bits per heavy atom. The van der Waals surface area contributed by atoms with Gasteiger partial charge < -0.3 is 19.9 Å². The highest BCUT2D eigenvalue weighted by Crippen LogP contribution is 2.44. The number of carbonyl (C=O) groups is 1. The molecule has 14 heteroatoms. The molecule has 2 aliphatic heterocycles. The molecule has 0 spiro atoms. The highest BCUT2D eigenvalue weighted by Gasteiger charge is 2.59. The highest BCUT2D eigenvalue weighted by atomic mass is 19.4. The maximum atomic E-state index is 15.0. The van der Waals surface area contributed by atoms with Crippen molar-refractivity contribution in [2.45, 2.75) is 43.8 Å². The van der Waals surface area contributed by atoms with Crippen LogP contribution in [0.1, 0.15) is 48.0 Å². The fraction of sp³-hybridized carbons (Fsp3) is 0.385. The average Bonchev–Trinajstić information content (AvgIpc) is 3.62. The molecule has 210 valence electrons. The van der Waals surface area contributed by atoms with Gasteiger partial charge in [-0.1, -0.05) is 6.58 Å². The lowest BCUT2D eigenvalue weighted by molar-refractivity contribution is -0.205. The van der Waals surface area contributed by atoms with Gasteiger partial charge in [-0.05, 0) is 31.9 Å². The summed E-state index contributed by atoms with van der Waals surface area (Å²) < 4.78 is 78.9. The Labute approximate surface area is 225 Å². The Morgan fingerprint density at radius 2 is 1.90 bits per heavy atom. The number of carbonyl (C=O) groups excluding carboxylic acids is 1. The zero-order valence-electron chi connectivity index (χ0n) is 21.5. The molecule has 1 aliphatic carbocycles. The van der Waals surface area contributed by atoms with Gasteiger partial charge in [0.15, 0.2) is 5.69 Å². The molecule has 6 rings (SSSR count). The van der Waals surface area contributed by atoms with Gasteiger partial charge in [-0.2, -0.15) is 18.3 Å². The quantitative estimate of drug-likeness (QED) is 0.457. The molecule has 2 fully saturated rings. The van der Waals surface area contributed by atoms with Crippen LogP contribution in [0, 0.1) is 11.6 Å². The number of alkyl halides is 3. The Hall–Kier alpha value is -4.23. The Balaban J connectivity index is 1.46. The van der Waals surface area contributed by atoms with Crippen LogP contribution in [-0.4, -0.2) is 62.5 Å². The van der Waals surface area contributed by atoms with Gasteiger partial charge in [0.25, 0.3) is 5.91 Å². The zero-order valence-corrected chi connectivity index (χ0v) is 21.5. The number of nitrogens with zero attached hydrogens (tertiary/aromatic N) is 6. The van der Waals surface area contributed by atoms with E-state index in [0.717, 1.165) is 44.5 Å². The minimum atomic E-state index is -4.91. The van der Waals surface area contributed by atoms with E-state index >= 15 is 0 Å². The van der Waals surface area contributed by atoms with Crippen molar-refractivity contribution in [1.29, 1.82) is 0 Å². The number of ether oxygens (including phenoxy) is 1. The third kappa shape index (κ3) is 4.21. The van der Waals surface area contributed by atoms with Gasteiger partial charge in [0, 0.05) is 30.4 Å². The number of rotatable bonds is 4. The zero-order chi connectivity index (χ0) is 28.6. The number of hydrogen-bond acceptors (Lipinski definition) is 7. The van der Waals surface area contributed by atoms with E-state index in [-0.39, 0.29) is 36.0 Å². The molecular formula is C26H24F5N7O2. The summed E-state index contributed by atoms with van der Waals surface area (Å²) in [6.45, 7) is 5.00. The van der Waals surface area contributed by atoms with Crippen LogP contribution in [0.25, 0.3) is 11.3 Å². The molecule has 1 N–H and O–H groups in total. The number of benzene rings is 1. The lowest BCUT2D eigenvalue weighted by Crippen LogP contribution is -2.64. The second-order valence-electron chi connectivity index (χ2n) is 10.3. The minimum absolute atomic E-state index is 0.0549. The second-order valence-corrected chi connectivity index (χ2v) is 10.3. The molecule has 0 bridgehead atoms. The smallest absolute Gasteiger partial charge is 0.430 e. The van der Waals surface area contributed by atoms with Crippen LogP contribution in [0.15, 0.2) is 42.9 Å². The maximum Gasteiger partial charge on any atom is 0.430 e. The number of amides is 1. The number of fused-ring (bicyclic) bond motifs is 1. The number of anilines is 2. The monoisotopic (exact) mass is 561 g/mol. The predicted molar refractivity (Wildman–Crippen MR) is 133 cm³/mol. The van der Waals surface area contributed by atoms with Gasteiger partial charge in [0.1, 0.15) is 29.2 Å². The normalized spacial score (nSPS) is 23.1. The first kappa shape index (κ1) is 26.0. The molecule has 2 atom stereocenters. The topological polar surface area (TPSA) is 88.4 Å². The first-order chi connectivity index (χ1) is 18.9. The van der Waals surface area contributed by atoms with Crippen molar-refractivity contribution >= 4 is 17.5 Å². The number of aromatic nitrogens is 4. The third-order valence-electron chi connectivity index (χ3n) is 7.44. The summed E-state index contributed by atoms with van der Waals surface area (Å²) in [5.41, 5.74) is -3.48.